The van der Waals surface area contributed by atoms with Crippen LogP contribution in [0.4, 0.5) is 13.2 Å². The molecular weight excluding hydrogens is 357 g/mol. The van der Waals surface area contributed by atoms with Crippen molar-refractivity contribution < 1.29 is 13.2 Å². The summed E-state index contributed by atoms with van der Waals surface area (Å²) in [5, 5.41) is 0. The molecule has 0 radical (unpaired) electrons. The standard InChI is InChI=1S/C18H17F3N6/c1-2-12-14(24-11-27-10-15(18(19,20)21)25-16(12)27)9-26-8-7-23-17(26)13-5-3-4-6-22-13/h3-8,11,15H,2,9-10H2,1H3. The maximum absolute atomic E-state index is 13.1. The van der Waals surface area contributed by atoms with Gasteiger partial charge in [-0.25, -0.2) is 9.98 Å². The van der Waals surface area contributed by atoms with Crippen LogP contribution in [0.1, 0.15) is 13.3 Å². The van der Waals surface area contributed by atoms with Crippen LogP contribution < -0.4 is 0 Å². The van der Waals surface area contributed by atoms with E-state index in [1.165, 1.54) is 11.2 Å². The Labute approximate surface area is 153 Å². The van der Waals surface area contributed by atoms with Crippen LogP contribution in [-0.2, 0) is 6.54 Å². The molecule has 0 N–H and O–H groups in total. The second-order valence-corrected chi connectivity index (χ2v) is 6.28. The fraction of sp³-hybridized carbons (Fsp3) is 0.333. The van der Waals surface area contributed by atoms with Crippen molar-refractivity contribution in [3.63, 3.8) is 0 Å². The van der Waals surface area contributed by atoms with Gasteiger partial charge in [-0.3, -0.25) is 9.98 Å². The van der Waals surface area contributed by atoms with Crippen LogP contribution in [0.25, 0.3) is 11.5 Å². The highest BCUT2D eigenvalue weighted by Gasteiger charge is 2.45. The molecule has 2 aliphatic heterocycles. The number of fused-ring (bicyclic) bond motifs is 1. The van der Waals surface area contributed by atoms with E-state index in [-0.39, 0.29) is 6.54 Å². The molecular formula is C18H17F3N6. The Morgan fingerprint density at radius 3 is 2.74 bits per heavy atom. The molecule has 140 valence electrons. The zero-order chi connectivity index (χ0) is 19.0. The molecule has 6 nitrogen and oxygen atoms in total. The van der Waals surface area contributed by atoms with Gasteiger partial charge in [0.2, 0.25) is 0 Å². The van der Waals surface area contributed by atoms with Gasteiger partial charge in [0.15, 0.2) is 11.9 Å². The van der Waals surface area contributed by atoms with E-state index in [9.17, 15) is 13.2 Å². The fourth-order valence-corrected chi connectivity index (χ4v) is 3.24. The number of aliphatic imine (C=N–C) groups is 2. The summed E-state index contributed by atoms with van der Waals surface area (Å²) in [6.45, 7) is 2.06. The summed E-state index contributed by atoms with van der Waals surface area (Å²) < 4.78 is 41.1. The highest BCUT2D eigenvalue weighted by atomic mass is 19.4. The SMILES string of the molecule is CCC1=C(Cn2ccnc2-c2ccccn2)N=CN2CC(C(F)(F)F)N=C12. The first kappa shape index (κ1) is 17.4. The highest BCUT2D eigenvalue weighted by molar-refractivity contribution is 6.07. The lowest BCUT2D eigenvalue weighted by molar-refractivity contribution is -0.145. The summed E-state index contributed by atoms with van der Waals surface area (Å²) >= 11 is 0. The smallest absolute Gasteiger partial charge is 0.324 e. The summed E-state index contributed by atoms with van der Waals surface area (Å²) in [7, 11) is 0. The van der Waals surface area contributed by atoms with Crippen molar-refractivity contribution in [1.29, 1.82) is 0 Å². The van der Waals surface area contributed by atoms with E-state index in [4.69, 9.17) is 0 Å². The minimum absolute atomic E-state index is 0.219. The van der Waals surface area contributed by atoms with Crippen LogP contribution in [0.3, 0.4) is 0 Å². The topological polar surface area (TPSA) is 58.7 Å². The monoisotopic (exact) mass is 374 g/mol. The van der Waals surface area contributed by atoms with Crippen molar-refractivity contribution in [3.8, 4) is 11.5 Å². The lowest BCUT2D eigenvalue weighted by Crippen LogP contribution is -2.36. The van der Waals surface area contributed by atoms with Crippen LogP contribution in [0, 0.1) is 0 Å². The summed E-state index contributed by atoms with van der Waals surface area (Å²) in [4.78, 5) is 18.5. The number of rotatable bonds is 4. The van der Waals surface area contributed by atoms with Crippen LogP contribution in [0.5, 0.6) is 0 Å². The third-order valence-electron chi connectivity index (χ3n) is 4.55. The number of aromatic nitrogens is 3. The van der Waals surface area contributed by atoms with Crippen LogP contribution >= 0.6 is 0 Å². The Kier molecular flexibility index (Phi) is 4.29. The van der Waals surface area contributed by atoms with Crippen LogP contribution in [0.2, 0.25) is 0 Å². The number of allylic oxidation sites excluding steroid dienone is 1. The first-order valence-corrected chi connectivity index (χ1v) is 8.57. The average Bonchev–Trinajstić information content (AvgIpc) is 3.29. The first-order chi connectivity index (χ1) is 13.0. The molecule has 0 aromatic carbocycles. The van der Waals surface area contributed by atoms with Gasteiger partial charge in [0.25, 0.3) is 0 Å². The van der Waals surface area contributed by atoms with Crippen molar-refractivity contribution in [1.82, 2.24) is 19.4 Å². The lowest BCUT2D eigenvalue weighted by Gasteiger charge is -2.23. The van der Waals surface area contributed by atoms with Crippen molar-refractivity contribution >= 4 is 12.2 Å². The molecule has 1 unspecified atom stereocenters. The molecule has 27 heavy (non-hydrogen) atoms. The molecule has 0 saturated carbocycles. The van der Waals surface area contributed by atoms with E-state index in [0.717, 1.165) is 11.3 Å². The van der Waals surface area contributed by atoms with Crippen molar-refractivity contribution in [3.05, 3.63) is 48.1 Å². The maximum Gasteiger partial charge on any atom is 0.412 e. The predicted octanol–water partition coefficient (Wildman–Crippen LogP) is 3.30. The molecule has 0 saturated heterocycles. The second kappa shape index (κ2) is 6.64. The summed E-state index contributed by atoms with van der Waals surface area (Å²) in [5.41, 5.74) is 2.13. The van der Waals surface area contributed by atoms with Gasteiger partial charge in [-0.2, -0.15) is 13.2 Å². The van der Waals surface area contributed by atoms with Gasteiger partial charge < -0.3 is 9.47 Å². The molecule has 9 heteroatoms. The minimum Gasteiger partial charge on any atom is -0.324 e. The molecule has 0 spiro atoms. The molecule has 2 aromatic rings. The Bertz CT molecular complexity index is 926. The number of amidine groups is 1. The van der Waals surface area contributed by atoms with E-state index >= 15 is 0 Å². The van der Waals surface area contributed by atoms with Crippen molar-refractivity contribution in [2.24, 2.45) is 9.98 Å². The maximum atomic E-state index is 13.1. The molecule has 0 fully saturated rings. The summed E-state index contributed by atoms with van der Waals surface area (Å²) in [6.07, 6.45) is 2.79. The number of hydrogen-bond acceptors (Lipinski definition) is 5. The molecule has 2 aromatic heterocycles. The third-order valence-corrected chi connectivity index (χ3v) is 4.55. The van der Waals surface area contributed by atoms with Gasteiger partial charge in [0, 0.05) is 24.2 Å². The Morgan fingerprint density at radius 1 is 1.19 bits per heavy atom. The minimum atomic E-state index is -4.35. The van der Waals surface area contributed by atoms with Gasteiger partial charge in [-0.1, -0.05) is 13.0 Å². The predicted molar refractivity (Wildman–Crippen MR) is 95.3 cm³/mol. The quantitative estimate of drug-likeness (QED) is 0.825. The normalized spacial score (nSPS) is 19.5. The molecule has 1 atom stereocenters. The zero-order valence-corrected chi connectivity index (χ0v) is 14.6. The van der Waals surface area contributed by atoms with Crippen LogP contribution in [-0.4, -0.2) is 50.4 Å². The molecule has 4 rings (SSSR count). The number of nitrogens with zero attached hydrogens (tertiary/aromatic N) is 6. The number of imidazole rings is 1. The van der Waals surface area contributed by atoms with Crippen LogP contribution in [0.15, 0.2) is 58.0 Å². The molecule has 4 heterocycles. The third kappa shape index (κ3) is 3.24. The van der Waals surface area contributed by atoms with E-state index in [2.05, 4.69) is 20.0 Å². The van der Waals surface area contributed by atoms with E-state index in [1.54, 1.807) is 18.6 Å². The molecule has 2 aliphatic rings. The summed E-state index contributed by atoms with van der Waals surface area (Å²) in [5.74, 6) is 1.04. The second-order valence-electron chi connectivity index (χ2n) is 6.28. The molecule has 0 aliphatic carbocycles. The first-order valence-electron chi connectivity index (χ1n) is 8.57. The van der Waals surface area contributed by atoms with E-state index in [0.29, 0.717) is 30.3 Å². The Morgan fingerprint density at radius 2 is 2.04 bits per heavy atom. The Balaban J connectivity index is 1.67. The van der Waals surface area contributed by atoms with Crippen molar-refractivity contribution in [2.45, 2.75) is 32.1 Å². The van der Waals surface area contributed by atoms with Crippen molar-refractivity contribution in [2.75, 3.05) is 6.54 Å². The molecule has 0 amide bonds. The van der Waals surface area contributed by atoms with Gasteiger partial charge in [0.05, 0.1) is 25.1 Å². The Hall–Kier alpha value is -2.97. The molecule has 0 bridgehead atoms. The van der Waals surface area contributed by atoms with Gasteiger partial charge in [0.1, 0.15) is 11.5 Å². The van der Waals surface area contributed by atoms with Gasteiger partial charge in [-0.15, -0.1) is 0 Å². The van der Waals surface area contributed by atoms with Gasteiger partial charge >= 0.3 is 6.18 Å². The number of halogens is 3. The fourth-order valence-electron chi connectivity index (χ4n) is 3.24. The highest BCUT2D eigenvalue weighted by Crippen LogP contribution is 2.32. The largest absolute Gasteiger partial charge is 0.412 e. The average molecular weight is 374 g/mol. The lowest BCUT2D eigenvalue weighted by atomic mass is 10.1. The zero-order valence-electron chi connectivity index (χ0n) is 14.6. The number of hydrogen-bond donors (Lipinski definition) is 0. The number of pyridine rings is 1. The summed E-state index contributed by atoms with van der Waals surface area (Å²) in [6, 6.07) is 3.84. The van der Waals surface area contributed by atoms with Gasteiger partial charge in [-0.05, 0) is 18.6 Å². The van der Waals surface area contributed by atoms with E-state index < -0.39 is 12.2 Å². The van der Waals surface area contributed by atoms with E-state index in [1.807, 2.05) is 29.7 Å². The number of alkyl halides is 3.